The Balaban J connectivity index is 0.000000445. The van der Waals surface area contributed by atoms with Crippen LogP contribution in [0.25, 0.3) is 6.08 Å². The van der Waals surface area contributed by atoms with Crippen molar-refractivity contribution in [3.05, 3.63) is 35.9 Å². The molecule has 1 aliphatic rings. The van der Waals surface area contributed by atoms with Crippen molar-refractivity contribution >= 4 is 29.6 Å². The highest BCUT2D eigenvalue weighted by Crippen LogP contribution is 2.28. The van der Waals surface area contributed by atoms with E-state index in [0.29, 0.717) is 5.69 Å². The van der Waals surface area contributed by atoms with Gasteiger partial charge >= 0.3 is 18.1 Å². The van der Waals surface area contributed by atoms with Crippen molar-refractivity contribution in [1.29, 1.82) is 0 Å². The van der Waals surface area contributed by atoms with Crippen molar-refractivity contribution in [2.75, 3.05) is 5.32 Å². The first kappa shape index (κ1) is 22.2. The highest BCUT2D eigenvalue weighted by Gasteiger charge is 2.38. The number of halogens is 3. The van der Waals surface area contributed by atoms with E-state index in [9.17, 15) is 22.8 Å². The summed E-state index contributed by atoms with van der Waals surface area (Å²) in [6.07, 6.45) is 0.901. The molecule has 27 heavy (non-hydrogen) atoms. The van der Waals surface area contributed by atoms with Gasteiger partial charge in [-0.05, 0) is 36.6 Å². The topological polar surface area (TPSA) is 130 Å². The lowest BCUT2D eigenvalue weighted by molar-refractivity contribution is -0.192. The third-order valence-corrected chi connectivity index (χ3v) is 3.78. The fourth-order valence-corrected chi connectivity index (χ4v) is 2.33. The molecule has 0 unspecified atom stereocenters. The molecular weight excluding hydrogens is 369 g/mol. The molecule has 0 spiro atoms. The number of carboxylic acids is 2. The van der Waals surface area contributed by atoms with Crippen LogP contribution in [0.4, 0.5) is 18.9 Å². The Morgan fingerprint density at radius 2 is 1.56 bits per heavy atom. The number of hydrogen-bond acceptors (Lipinski definition) is 4. The summed E-state index contributed by atoms with van der Waals surface area (Å²) in [5.74, 6) is -3.90. The highest BCUT2D eigenvalue weighted by atomic mass is 19.4. The van der Waals surface area contributed by atoms with Crippen LogP contribution >= 0.6 is 0 Å². The average Bonchev–Trinajstić information content (AvgIpc) is 3.02. The Kier molecular flexibility index (Phi) is 7.53. The maximum absolute atomic E-state index is 12.1. The van der Waals surface area contributed by atoms with Crippen LogP contribution in [0.3, 0.4) is 0 Å². The second-order valence-electron chi connectivity index (χ2n) is 5.91. The van der Waals surface area contributed by atoms with Gasteiger partial charge in [-0.15, -0.1) is 0 Å². The summed E-state index contributed by atoms with van der Waals surface area (Å²) >= 11 is 0. The van der Waals surface area contributed by atoms with Crippen molar-refractivity contribution in [2.45, 2.75) is 37.4 Å². The van der Waals surface area contributed by atoms with E-state index in [1.54, 1.807) is 24.3 Å². The zero-order chi connectivity index (χ0) is 20.7. The van der Waals surface area contributed by atoms with Crippen LogP contribution in [0, 0.1) is 0 Å². The van der Waals surface area contributed by atoms with Crippen molar-refractivity contribution in [1.82, 2.24) is 0 Å². The fourth-order valence-electron chi connectivity index (χ4n) is 2.33. The predicted octanol–water partition coefficient (Wildman–Crippen LogP) is 2.63. The third-order valence-electron chi connectivity index (χ3n) is 3.78. The molecular formula is C17H19F3N2O5. The molecule has 1 amide bonds. The van der Waals surface area contributed by atoms with Gasteiger partial charge < -0.3 is 21.3 Å². The van der Waals surface area contributed by atoms with Crippen molar-refractivity contribution in [3.8, 4) is 0 Å². The zero-order valence-electron chi connectivity index (χ0n) is 14.1. The summed E-state index contributed by atoms with van der Waals surface area (Å²) in [6.45, 7) is 0. The Morgan fingerprint density at radius 1 is 1.07 bits per heavy atom. The smallest absolute Gasteiger partial charge is 0.478 e. The van der Waals surface area contributed by atoms with E-state index >= 15 is 0 Å². The molecule has 0 atom stereocenters. The number of nitrogens with one attached hydrogen (secondary N) is 1. The standard InChI is InChI=1S/C15H18N2O3.C2HF3O2/c16-15(9-1-2-10-15)14(20)17-12-6-3-11(4-7-12)5-8-13(18)19;3-2(4,5)1(6)7/h3-8H,1-2,9-10,16H2,(H,17,20)(H,18,19);(H,6,7). The van der Waals surface area contributed by atoms with E-state index in [1.807, 2.05) is 0 Å². The number of hydrogen-bond donors (Lipinski definition) is 4. The van der Waals surface area contributed by atoms with E-state index in [2.05, 4.69) is 5.32 Å². The number of anilines is 1. The van der Waals surface area contributed by atoms with E-state index in [4.69, 9.17) is 20.7 Å². The number of carboxylic acid groups (broad SMARTS) is 2. The Bertz CT molecular complexity index is 708. The number of nitrogens with two attached hydrogens (primary N) is 1. The molecule has 10 heteroatoms. The number of benzene rings is 1. The quantitative estimate of drug-likeness (QED) is 0.587. The Labute approximate surface area is 152 Å². The predicted molar refractivity (Wildman–Crippen MR) is 90.8 cm³/mol. The molecule has 0 bridgehead atoms. The average molecular weight is 388 g/mol. The van der Waals surface area contributed by atoms with Crippen LogP contribution in [0.15, 0.2) is 30.3 Å². The van der Waals surface area contributed by atoms with Gasteiger partial charge in [0.1, 0.15) is 0 Å². The number of carbonyl (C=O) groups excluding carboxylic acids is 1. The van der Waals surface area contributed by atoms with Gasteiger partial charge in [-0.3, -0.25) is 4.79 Å². The van der Waals surface area contributed by atoms with Gasteiger partial charge in [-0.25, -0.2) is 9.59 Å². The van der Waals surface area contributed by atoms with Crippen molar-refractivity contribution < 1.29 is 37.8 Å². The van der Waals surface area contributed by atoms with Gasteiger partial charge in [0.25, 0.3) is 0 Å². The zero-order valence-corrected chi connectivity index (χ0v) is 14.1. The molecule has 1 aliphatic carbocycles. The summed E-state index contributed by atoms with van der Waals surface area (Å²) < 4.78 is 31.7. The first-order chi connectivity index (χ1) is 12.4. The lowest BCUT2D eigenvalue weighted by Gasteiger charge is -2.22. The molecule has 148 valence electrons. The minimum absolute atomic E-state index is 0.149. The van der Waals surface area contributed by atoms with Gasteiger partial charge in [0.05, 0.1) is 5.54 Å². The van der Waals surface area contributed by atoms with Gasteiger partial charge in [0, 0.05) is 11.8 Å². The maximum atomic E-state index is 12.1. The van der Waals surface area contributed by atoms with E-state index in [1.165, 1.54) is 6.08 Å². The summed E-state index contributed by atoms with van der Waals surface area (Å²) in [4.78, 5) is 31.4. The first-order valence-corrected chi connectivity index (χ1v) is 7.85. The molecule has 1 saturated carbocycles. The second kappa shape index (κ2) is 9.17. The van der Waals surface area contributed by atoms with Gasteiger partial charge in [0.2, 0.25) is 5.91 Å². The molecule has 0 heterocycles. The molecule has 2 rings (SSSR count). The molecule has 1 fully saturated rings. The number of alkyl halides is 3. The van der Waals surface area contributed by atoms with E-state index in [-0.39, 0.29) is 5.91 Å². The number of aliphatic carboxylic acids is 2. The fraction of sp³-hybridized carbons (Fsp3) is 0.353. The number of amides is 1. The minimum atomic E-state index is -5.08. The Morgan fingerprint density at radius 3 is 1.96 bits per heavy atom. The van der Waals surface area contributed by atoms with Crippen molar-refractivity contribution in [2.24, 2.45) is 5.73 Å². The molecule has 7 nitrogen and oxygen atoms in total. The molecule has 0 saturated heterocycles. The van der Waals surface area contributed by atoms with Crippen molar-refractivity contribution in [3.63, 3.8) is 0 Å². The SMILES string of the molecule is NC1(C(=O)Nc2ccc(C=CC(=O)O)cc2)CCCC1.O=C(O)C(F)(F)F. The number of carbonyl (C=O) groups is 3. The van der Waals surface area contributed by atoms with E-state index in [0.717, 1.165) is 37.3 Å². The maximum Gasteiger partial charge on any atom is 0.490 e. The molecule has 1 aromatic rings. The lowest BCUT2D eigenvalue weighted by atomic mass is 9.98. The summed E-state index contributed by atoms with van der Waals surface area (Å²) in [7, 11) is 0. The van der Waals surface area contributed by atoms with Gasteiger partial charge in [-0.1, -0.05) is 25.0 Å². The van der Waals surface area contributed by atoms with Crippen LogP contribution in [-0.4, -0.2) is 39.8 Å². The molecule has 0 aliphatic heterocycles. The molecule has 0 radical (unpaired) electrons. The number of rotatable bonds is 4. The first-order valence-electron chi connectivity index (χ1n) is 7.85. The summed E-state index contributed by atoms with van der Waals surface area (Å²) in [5.41, 5.74) is 6.75. The van der Waals surface area contributed by atoms with Crippen LogP contribution in [-0.2, 0) is 14.4 Å². The van der Waals surface area contributed by atoms with Crippen LogP contribution in [0.2, 0.25) is 0 Å². The molecule has 1 aromatic carbocycles. The second-order valence-corrected chi connectivity index (χ2v) is 5.91. The highest BCUT2D eigenvalue weighted by molar-refractivity contribution is 5.98. The molecule has 5 N–H and O–H groups in total. The third kappa shape index (κ3) is 7.48. The molecule has 0 aromatic heterocycles. The largest absolute Gasteiger partial charge is 0.490 e. The normalized spacial score (nSPS) is 15.7. The van der Waals surface area contributed by atoms with Gasteiger partial charge in [-0.2, -0.15) is 13.2 Å². The van der Waals surface area contributed by atoms with E-state index < -0.39 is 23.7 Å². The Hall–Kier alpha value is -2.88. The van der Waals surface area contributed by atoms with Gasteiger partial charge in [0.15, 0.2) is 0 Å². The lowest BCUT2D eigenvalue weighted by Crippen LogP contribution is -2.48. The van der Waals surface area contributed by atoms with Crippen LogP contribution in [0.1, 0.15) is 31.2 Å². The van der Waals surface area contributed by atoms with Crippen LogP contribution in [0.5, 0.6) is 0 Å². The monoisotopic (exact) mass is 388 g/mol. The van der Waals surface area contributed by atoms with Crippen LogP contribution < -0.4 is 11.1 Å². The summed E-state index contributed by atoms with van der Waals surface area (Å²) in [5, 5.41) is 18.5. The summed E-state index contributed by atoms with van der Waals surface area (Å²) in [6, 6.07) is 6.95. The minimum Gasteiger partial charge on any atom is -0.478 e.